The number of hydrogen-bond acceptors (Lipinski definition) is 4. The molecular formula is C19H23NO4S. The molecule has 2 aromatic rings. The van der Waals surface area contributed by atoms with Crippen molar-refractivity contribution < 1.29 is 17.6 Å². The van der Waals surface area contributed by atoms with Gasteiger partial charge in [-0.15, -0.1) is 0 Å². The number of furan rings is 1. The van der Waals surface area contributed by atoms with E-state index < -0.39 is 9.84 Å². The van der Waals surface area contributed by atoms with Crippen molar-refractivity contribution in [3.8, 4) is 0 Å². The Morgan fingerprint density at radius 1 is 1.36 bits per heavy atom. The van der Waals surface area contributed by atoms with Crippen molar-refractivity contribution >= 4 is 32.8 Å². The molecule has 1 aromatic carbocycles. The first-order chi connectivity index (χ1) is 12.0. The zero-order valence-corrected chi connectivity index (χ0v) is 15.2. The SMILES string of the molecule is CCCCN(C(=O)C=Cc1cc2ccccc2o1)C1CCS(=O)(=O)C1. The summed E-state index contributed by atoms with van der Waals surface area (Å²) in [6.07, 6.45) is 5.48. The fraction of sp³-hybridized carbons (Fsp3) is 0.421. The van der Waals surface area contributed by atoms with E-state index in [0.29, 0.717) is 18.7 Å². The van der Waals surface area contributed by atoms with Crippen LogP contribution in [0.3, 0.4) is 0 Å². The van der Waals surface area contributed by atoms with E-state index in [-0.39, 0.29) is 23.5 Å². The summed E-state index contributed by atoms with van der Waals surface area (Å²) >= 11 is 0. The molecular weight excluding hydrogens is 338 g/mol. The highest BCUT2D eigenvalue weighted by Gasteiger charge is 2.33. The van der Waals surface area contributed by atoms with Crippen LogP contribution in [-0.4, -0.2) is 43.3 Å². The van der Waals surface area contributed by atoms with Gasteiger partial charge in [0, 0.05) is 24.0 Å². The molecule has 1 aromatic heterocycles. The zero-order chi connectivity index (χ0) is 17.9. The standard InChI is InChI=1S/C19H23NO4S/c1-2-3-11-20(16-10-12-25(22,23)14-16)19(21)9-8-17-13-15-6-4-5-7-18(15)24-17/h4-9,13,16H,2-3,10-12,14H2,1H3. The van der Waals surface area contributed by atoms with E-state index in [1.54, 1.807) is 11.0 Å². The van der Waals surface area contributed by atoms with Gasteiger partial charge in [0.1, 0.15) is 11.3 Å². The summed E-state index contributed by atoms with van der Waals surface area (Å²) in [4.78, 5) is 14.3. The molecule has 134 valence electrons. The average molecular weight is 361 g/mol. The maximum Gasteiger partial charge on any atom is 0.246 e. The molecule has 6 heteroatoms. The Morgan fingerprint density at radius 3 is 2.84 bits per heavy atom. The van der Waals surface area contributed by atoms with Gasteiger partial charge in [-0.2, -0.15) is 0 Å². The summed E-state index contributed by atoms with van der Waals surface area (Å²) < 4.78 is 29.2. The molecule has 0 saturated carbocycles. The third kappa shape index (κ3) is 4.31. The molecule has 1 aliphatic heterocycles. The minimum absolute atomic E-state index is 0.0704. The topological polar surface area (TPSA) is 67.6 Å². The van der Waals surface area contributed by atoms with Gasteiger partial charge >= 0.3 is 0 Å². The summed E-state index contributed by atoms with van der Waals surface area (Å²) in [5.41, 5.74) is 0.777. The van der Waals surface area contributed by atoms with Crippen molar-refractivity contribution in [1.29, 1.82) is 0 Å². The third-order valence-corrected chi connectivity index (χ3v) is 6.27. The number of carbonyl (C=O) groups excluding carboxylic acids is 1. The van der Waals surface area contributed by atoms with Crippen LogP contribution in [0.25, 0.3) is 17.0 Å². The van der Waals surface area contributed by atoms with Crippen molar-refractivity contribution in [2.24, 2.45) is 0 Å². The maximum absolute atomic E-state index is 12.6. The van der Waals surface area contributed by atoms with E-state index in [0.717, 1.165) is 23.8 Å². The van der Waals surface area contributed by atoms with Gasteiger partial charge in [0.05, 0.1) is 11.5 Å². The second-order valence-electron chi connectivity index (χ2n) is 6.46. The predicted octanol–water partition coefficient (Wildman–Crippen LogP) is 3.26. The molecule has 1 unspecified atom stereocenters. The molecule has 5 nitrogen and oxygen atoms in total. The molecule has 1 aliphatic rings. The van der Waals surface area contributed by atoms with Gasteiger partial charge < -0.3 is 9.32 Å². The normalized spacial score (nSPS) is 19.6. The lowest BCUT2D eigenvalue weighted by molar-refractivity contribution is -0.127. The van der Waals surface area contributed by atoms with Crippen LogP contribution < -0.4 is 0 Å². The van der Waals surface area contributed by atoms with E-state index in [9.17, 15) is 13.2 Å². The highest BCUT2D eigenvalue weighted by Crippen LogP contribution is 2.21. The molecule has 1 atom stereocenters. The van der Waals surface area contributed by atoms with E-state index in [1.165, 1.54) is 6.08 Å². The minimum Gasteiger partial charge on any atom is -0.457 e. The summed E-state index contributed by atoms with van der Waals surface area (Å²) in [5, 5.41) is 0.985. The number of rotatable bonds is 6. The van der Waals surface area contributed by atoms with E-state index in [2.05, 4.69) is 6.92 Å². The van der Waals surface area contributed by atoms with E-state index in [1.807, 2.05) is 30.3 Å². The highest BCUT2D eigenvalue weighted by atomic mass is 32.2. The number of benzene rings is 1. The first-order valence-corrected chi connectivity index (χ1v) is 10.5. The van der Waals surface area contributed by atoms with Gasteiger partial charge in [-0.05, 0) is 31.1 Å². The Hall–Kier alpha value is -2.08. The van der Waals surface area contributed by atoms with Gasteiger partial charge in [-0.25, -0.2) is 8.42 Å². The van der Waals surface area contributed by atoms with Gasteiger partial charge in [-0.1, -0.05) is 31.5 Å². The summed E-state index contributed by atoms with van der Waals surface area (Å²) in [5.74, 6) is 0.696. The quantitative estimate of drug-likeness (QED) is 0.741. The van der Waals surface area contributed by atoms with Crippen LogP contribution in [-0.2, 0) is 14.6 Å². The molecule has 25 heavy (non-hydrogen) atoms. The molecule has 0 N–H and O–H groups in total. The van der Waals surface area contributed by atoms with Gasteiger partial charge in [0.15, 0.2) is 9.84 Å². The number of hydrogen-bond donors (Lipinski definition) is 0. The third-order valence-electron chi connectivity index (χ3n) is 4.52. The monoisotopic (exact) mass is 361 g/mol. The summed E-state index contributed by atoms with van der Waals surface area (Å²) in [7, 11) is -3.02. The summed E-state index contributed by atoms with van der Waals surface area (Å²) in [6, 6.07) is 9.33. The zero-order valence-electron chi connectivity index (χ0n) is 14.3. The lowest BCUT2D eigenvalue weighted by atomic mass is 10.2. The van der Waals surface area contributed by atoms with Crippen molar-refractivity contribution in [3.05, 3.63) is 42.2 Å². The number of sulfone groups is 1. The van der Waals surface area contributed by atoms with Gasteiger partial charge in [0.25, 0.3) is 0 Å². The number of carbonyl (C=O) groups is 1. The molecule has 0 bridgehead atoms. The number of unbranched alkanes of at least 4 members (excludes halogenated alkanes) is 1. The lowest BCUT2D eigenvalue weighted by Crippen LogP contribution is -2.40. The Labute approximate surface area is 148 Å². The highest BCUT2D eigenvalue weighted by molar-refractivity contribution is 7.91. The number of amides is 1. The Balaban J connectivity index is 1.74. The molecule has 1 amide bonds. The van der Waals surface area contributed by atoms with Crippen molar-refractivity contribution in [1.82, 2.24) is 4.90 Å². The molecule has 2 heterocycles. The molecule has 3 rings (SSSR count). The Morgan fingerprint density at radius 2 is 2.16 bits per heavy atom. The van der Waals surface area contributed by atoms with E-state index >= 15 is 0 Å². The van der Waals surface area contributed by atoms with Gasteiger partial charge in [-0.3, -0.25) is 4.79 Å². The Bertz CT molecular complexity index is 849. The summed E-state index contributed by atoms with van der Waals surface area (Å²) in [6.45, 7) is 2.64. The number of nitrogens with zero attached hydrogens (tertiary/aromatic N) is 1. The minimum atomic E-state index is -3.02. The molecule has 1 fully saturated rings. The Kier molecular flexibility index (Phi) is 5.27. The van der Waals surface area contributed by atoms with Crippen LogP contribution in [0.4, 0.5) is 0 Å². The van der Waals surface area contributed by atoms with Crippen LogP contribution in [0.5, 0.6) is 0 Å². The fourth-order valence-corrected chi connectivity index (χ4v) is 4.89. The molecule has 0 radical (unpaired) electrons. The molecule has 0 aliphatic carbocycles. The van der Waals surface area contributed by atoms with Crippen LogP contribution in [0, 0.1) is 0 Å². The molecule has 0 spiro atoms. The first-order valence-electron chi connectivity index (χ1n) is 8.66. The van der Waals surface area contributed by atoms with Crippen LogP contribution >= 0.6 is 0 Å². The fourth-order valence-electron chi connectivity index (χ4n) is 3.16. The number of fused-ring (bicyclic) bond motifs is 1. The van der Waals surface area contributed by atoms with Crippen molar-refractivity contribution in [3.63, 3.8) is 0 Å². The second-order valence-corrected chi connectivity index (χ2v) is 8.69. The molecule has 1 saturated heterocycles. The average Bonchev–Trinajstić information content (AvgIpc) is 3.16. The van der Waals surface area contributed by atoms with E-state index in [4.69, 9.17) is 4.42 Å². The van der Waals surface area contributed by atoms with Crippen molar-refractivity contribution in [2.45, 2.75) is 32.2 Å². The second kappa shape index (κ2) is 7.44. The lowest BCUT2D eigenvalue weighted by Gasteiger charge is -2.27. The maximum atomic E-state index is 12.6. The van der Waals surface area contributed by atoms with Gasteiger partial charge in [0.2, 0.25) is 5.91 Å². The number of para-hydroxylation sites is 1. The largest absolute Gasteiger partial charge is 0.457 e. The predicted molar refractivity (Wildman–Crippen MR) is 98.9 cm³/mol. The van der Waals surface area contributed by atoms with Crippen molar-refractivity contribution in [2.75, 3.05) is 18.1 Å². The van der Waals surface area contributed by atoms with Crippen LogP contribution in [0.15, 0.2) is 40.8 Å². The van der Waals surface area contributed by atoms with Crippen LogP contribution in [0.1, 0.15) is 31.9 Å². The smallest absolute Gasteiger partial charge is 0.246 e. The van der Waals surface area contributed by atoms with Crippen LogP contribution in [0.2, 0.25) is 0 Å². The first kappa shape index (κ1) is 17.7.